The maximum Gasteiger partial charge on any atom is 0.275 e. The number of amides is 1. The molecule has 0 aliphatic heterocycles. The molecule has 0 saturated carbocycles. The van der Waals surface area contributed by atoms with Crippen LogP contribution in [0.15, 0.2) is 53.3 Å². The molecule has 0 spiro atoms. The summed E-state index contributed by atoms with van der Waals surface area (Å²) in [5.41, 5.74) is 1.26. The van der Waals surface area contributed by atoms with Crippen molar-refractivity contribution in [3.05, 3.63) is 60.2 Å². The van der Waals surface area contributed by atoms with Crippen molar-refractivity contribution in [3.8, 4) is 0 Å². The number of para-hydroxylation sites is 1. The van der Waals surface area contributed by atoms with Gasteiger partial charge >= 0.3 is 0 Å². The topological polar surface area (TPSA) is 84.2 Å². The molecule has 0 aliphatic carbocycles. The van der Waals surface area contributed by atoms with Crippen molar-refractivity contribution in [2.75, 3.05) is 16.8 Å². The van der Waals surface area contributed by atoms with Gasteiger partial charge in [0.2, 0.25) is 0 Å². The molecule has 0 saturated heterocycles. The maximum atomic E-state index is 12.3. The summed E-state index contributed by atoms with van der Waals surface area (Å²) in [4.78, 5) is 22.6. The molecule has 0 aliphatic rings. The minimum Gasteiger partial charge on any atom is -0.360 e. The van der Waals surface area contributed by atoms with Crippen molar-refractivity contribution in [2.45, 2.75) is 13.8 Å². The molecule has 1 N–H and O–H groups in total. The first kappa shape index (κ1) is 15.7. The molecule has 2 aromatic heterocycles. The molecule has 0 atom stereocenters. The van der Waals surface area contributed by atoms with Gasteiger partial charge in [0, 0.05) is 24.4 Å². The largest absolute Gasteiger partial charge is 0.360 e. The van der Waals surface area contributed by atoms with Crippen LogP contribution in [0.4, 0.5) is 17.3 Å². The van der Waals surface area contributed by atoms with Crippen LogP contribution >= 0.6 is 0 Å². The zero-order chi connectivity index (χ0) is 16.9. The number of aryl methyl sites for hydroxylation is 1. The highest BCUT2D eigenvalue weighted by molar-refractivity contribution is 6.02. The molecule has 1 aromatic carbocycles. The van der Waals surface area contributed by atoms with Crippen molar-refractivity contribution in [1.82, 2.24) is 15.1 Å². The van der Waals surface area contributed by atoms with E-state index in [9.17, 15) is 4.79 Å². The molecule has 7 nitrogen and oxygen atoms in total. The number of aromatic nitrogens is 3. The molecule has 3 aromatic rings. The standard InChI is InChI=1S/C17H17N5O2/c1-3-22(13-7-5-4-6-8-13)16-10-14(18-11-19-16)17(23)20-15-9-12(2)24-21-15/h4-11H,3H2,1-2H3,(H,20,21,23). The van der Waals surface area contributed by atoms with Crippen LogP contribution in [0.5, 0.6) is 0 Å². The first-order chi connectivity index (χ1) is 11.7. The number of carbonyl (C=O) groups excluding carboxylic acids is 1. The third-order valence-electron chi connectivity index (χ3n) is 3.42. The fourth-order valence-corrected chi connectivity index (χ4v) is 2.31. The van der Waals surface area contributed by atoms with Crippen LogP contribution in [0, 0.1) is 6.92 Å². The molecule has 0 radical (unpaired) electrons. The second-order valence-electron chi connectivity index (χ2n) is 5.12. The third-order valence-corrected chi connectivity index (χ3v) is 3.42. The van der Waals surface area contributed by atoms with Gasteiger partial charge in [0.1, 0.15) is 23.6 Å². The van der Waals surface area contributed by atoms with E-state index in [4.69, 9.17) is 4.52 Å². The highest BCUT2D eigenvalue weighted by Gasteiger charge is 2.14. The van der Waals surface area contributed by atoms with Crippen LogP contribution in [0.2, 0.25) is 0 Å². The van der Waals surface area contributed by atoms with Crippen LogP contribution in [-0.4, -0.2) is 27.6 Å². The summed E-state index contributed by atoms with van der Waals surface area (Å²) in [5.74, 6) is 1.26. The van der Waals surface area contributed by atoms with Gasteiger partial charge in [-0.05, 0) is 26.0 Å². The van der Waals surface area contributed by atoms with E-state index in [1.165, 1.54) is 6.33 Å². The van der Waals surface area contributed by atoms with E-state index in [-0.39, 0.29) is 11.6 Å². The summed E-state index contributed by atoms with van der Waals surface area (Å²) in [6.07, 6.45) is 1.38. The summed E-state index contributed by atoms with van der Waals surface area (Å²) in [6, 6.07) is 13.1. The summed E-state index contributed by atoms with van der Waals surface area (Å²) in [7, 11) is 0. The van der Waals surface area contributed by atoms with Gasteiger partial charge in [-0.2, -0.15) is 0 Å². The molecule has 122 valence electrons. The highest BCUT2D eigenvalue weighted by atomic mass is 16.5. The number of benzene rings is 1. The Morgan fingerprint density at radius 1 is 1.21 bits per heavy atom. The van der Waals surface area contributed by atoms with E-state index < -0.39 is 0 Å². The first-order valence-corrected chi connectivity index (χ1v) is 7.56. The van der Waals surface area contributed by atoms with Gasteiger partial charge in [-0.25, -0.2) is 9.97 Å². The summed E-state index contributed by atoms with van der Waals surface area (Å²) < 4.78 is 4.93. The molecule has 3 rings (SSSR count). The van der Waals surface area contributed by atoms with Gasteiger partial charge in [-0.3, -0.25) is 4.79 Å². The van der Waals surface area contributed by atoms with Gasteiger partial charge in [0.15, 0.2) is 5.82 Å². The number of nitrogens with one attached hydrogen (secondary N) is 1. The lowest BCUT2D eigenvalue weighted by atomic mass is 10.2. The number of nitrogens with zero attached hydrogens (tertiary/aromatic N) is 4. The Balaban J connectivity index is 1.84. The number of rotatable bonds is 5. The van der Waals surface area contributed by atoms with Crippen LogP contribution in [0.3, 0.4) is 0 Å². The molecule has 0 fully saturated rings. The minimum absolute atomic E-state index is 0.259. The van der Waals surface area contributed by atoms with E-state index >= 15 is 0 Å². The predicted molar refractivity (Wildman–Crippen MR) is 90.3 cm³/mol. The molecule has 0 unspecified atom stereocenters. The fraction of sp³-hybridized carbons (Fsp3) is 0.176. The van der Waals surface area contributed by atoms with Crippen LogP contribution in [-0.2, 0) is 0 Å². The minimum atomic E-state index is -0.365. The Bertz CT molecular complexity index is 832. The van der Waals surface area contributed by atoms with Crippen molar-refractivity contribution < 1.29 is 9.32 Å². The van der Waals surface area contributed by atoms with Crippen molar-refractivity contribution in [2.24, 2.45) is 0 Å². The lowest BCUT2D eigenvalue weighted by Gasteiger charge is -2.22. The van der Waals surface area contributed by atoms with E-state index in [0.717, 1.165) is 5.69 Å². The Hall–Kier alpha value is -3.22. The van der Waals surface area contributed by atoms with E-state index in [1.807, 2.05) is 42.2 Å². The monoisotopic (exact) mass is 323 g/mol. The molecule has 7 heteroatoms. The predicted octanol–water partition coefficient (Wildman–Crippen LogP) is 3.18. The molecule has 24 heavy (non-hydrogen) atoms. The third kappa shape index (κ3) is 3.40. The van der Waals surface area contributed by atoms with E-state index in [2.05, 4.69) is 20.4 Å². The summed E-state index contributed by atoms with van der Waals surface area (Å²) in [5, 5.41) is 6.39. The molecule has 1 amide bonds. The van der Waals surface area contributed by atoms with Crippen LogP contribution in [0.1, 0.15) is 23.2 Å². The summed E-state index contributed by atoms with van der Waals surface area (Å²) in [6.45, 7) is 4.49. The van der Waals surface area contributed by atoms with Crippen LogP contribution in [0.25, 0.3) is 0 Å². The van der Waals surface area contributed by atoms with E-state index in [0.29, 0.717) is 23.9 Å². The first-order valence-electron chi connectivity index (χ1n) is 7.56. The van der Waals surface area contributed by atoms with Gasteiger partial charge in [0.25, 0.3) is 5.91 Å². The molecule has 2 heterocycles. The number of carbonyl (C=O) groups is 1. The lowest BCUT2D eigenvalue weighted by Crippen LogP contribution is -2.20. The number of hydrogen-bond acceptors (Lipinski definition) is 6. The Morgan fingerprint density at radius 3 is 2.67 bits per heavy atom. The maximum absolute atomic E-state index is 12.3. The molecular formula is C17H17N5O2. The Kier molecular flexibility index (Phi) is 4.51. The number of hydrogen-bond donors (Lipinski definition) is 1. The van der Waals surface area contributed by atoms with Gasteiger partial charge in [-0.1, -0.05) is 23.4 Å². The summed E-state index contributed by atoms with van der Waals surface area (Å²) >= 11 is 0. The zero-order valence-corrected chi connectivity index (χ0v) is 13.4. The van der Waals surface area contributed by atoms with Gasteiger partial charge < -0.3 is 14.7 Å². The second-order valence-corrected chi connectivity index (χ2v) is 5.12. The highest BCUT2D eigenvalue weighted by Crippen LogP contribution is 2.23. The lowest BCUT2D eigenvalue weighted by molar-refractivity contribution is 0.102. The van der Waals surface area contributed by atoms with Crippen molar-refractivity contribution in [1.29, 1.82) is 0 Å². The molecule has 0 bridgehead atoms. The average molecular weight is 323 g/mol. The van der Waals surface area contributed by atoms with E-state index in [1.54, 1.807) is 19.1 Å². The molecular weight excluding hydrogens is 306 g/mol. The Morgan fingerprint density at radius 2 is 2.00 bits per heavy atom. The smallest absolute Gasteiger partial charge is 0.275 e. The Labute approximate surface area is 139 Å². The second kappa shape index (κ2) is 6.91. The quantitative estimate of drug-likeness (QED) is 0.776. The normalized spacial score (nSPS) is 10.4. The number of anilines is 3. The van der Waals surface area contributed by atoms with Gasteiger partial charge in [0.05, 0.1) is 0 Å². The van der Waals surface area contributed by atoms with Crippen molar-refractivity contribution in [3.63, 3.8) is 0 Å². The van der Waals surface area contributed by atoms with Crippen LogP contribution < -0.4 is 10.2 Å². The van der Waals surface area contributed by atoms with Gasteiger partial charge in [-0.15, -0.1) is 0 Å². The van der Waals surface area contributed by atoms with Crippen molar-refractivity contribution >= 4 is 23.2 Å². The SMILES string of the molecule is CCN(c1ccccc1)c1cc(C(=O)Nc2cc(C)on2)ncn1. The average Bonchev–Trinajstić information content (AvgIpc) is 3.02. The fourth-order valence-electron chi connectivity index (χ4n) is 2.31. The zero-order valence-electron chi connectivity index (χ0n) is 13.4.